The second-order valence-electron chi connectivity index (χ2n) is 4.93. The number of aliphatic hydroxyl groups is 1. The SMILES string of the molecule is COc1ccc2c(c1)nc(CO)n2Cc1c(C)noc1C. The highest BCUT2D eigenvalue weighted by Crippen LogP contribution is 2.24. The number of fused-ring (bicyclic) bond motifs is 1. The molecule has 1 aromatic carbocycles. The van der Waals surface area contributed by atoms with Crippen LogP contribution in [-0.4, -0.2) is 26.9 Å². The van der Waals surface area contributed by atoms with Gasteiger partial charge in [0.15, 0.2) is 0 Å². The fraction of sp³-hybridized carbons (Fsp3) is 0.333. The van der Waals surface area contributed by atoms with Crippen LogP contribution in [0.3, 0.4) is 0 Å². The molecule has 110 valence electrons. The average Bonchev–Trinajstić information content (AvgIpc) is 3.01. The number of rotatable bonds is 4. The molecule has 0 aliphatic carbocycles. The molecular weight excluding hydrogens is 270 g/mol. The summed E-state index contributed by atoms with van der Waals surface area (Å²) in [6.07, 6.45) is 0. The van der Waals surface area contributed by atoms with Gasteiger partial charge in [-0.2, -0.15) is 0 Å². The van der Waals surface area contributed by atoms with Gasteiger partial charge in [0.25, 0.3) is 0 Å². The maximum atomic E-state index is 9.56. The van der Waals surface area contributed by atoms with Gasteiger partial charge in [-0.3, -0.25) is 0 Å². The lowest BCUT2D eigenvalue weighted by molar-refractivity contribution is 0.267. The Morgan fingerprint density at radius 1 is 1.33 bits per heavy atom. The Bertz CT molecular complexity index is 769. The first-order chi connectivity index (χ1) is 10.1. The van der Waals surface area contributed by atoms with Crippen LogP contribution in [0.1, 0.15) is 22.8 Å². The predicted molar refractivity (Wildman–Crippen MR) is 77.3 cm³/mol. The molecule has 0 fully saturated rings. The van der Waals surface area contributed by atoms with E-state index in [1.165, 1.54) is 0 Å². The van der Waals surface area contributed by atoms with E-state index < -0.39 is 0 Å². The third kappa shape index (κ3) is 2.27. The standard InChI is InChI=1S/C15H17N3O3/c1-9-12(10(2)21-17-9)7-18-14-5-4-11(20-3)6-13(14)16-15(18)8-19/h4-6,19H,7-8H2,1-3H3. The minimum Gasteiger partial charge on any atom is -0.497 e. The van der Waals surface area contributed by atoms with Crippen LogP contribution in [0.5, 0.6) is 5.75 Å². The van der Waals surface area contributed by atoms with Gasteiger partial charge in [0.05, 0.1) is 30.4 Å². The topological polar surface area (TPSA) is 73.3 Å². The van der Waals surface area contributed by atoms with E-state index in [1.54, 1.807) is 7.11 Å². The molecule has 2 heterocycles. The van der Waals surface area contributed by atoms with Crippen molar-refractivity contribution in [1.29, 1.82) is 0 Å². The molecule has 3 aromatic rings. The van der Waals surface area contributed by atoms with Crippen molar-refractivity contribution in [3.63, 3.8) is 0 Å². The van der Waals surface area contributed by atoms with Crippen molar-refractivity contribution >= 4 is 11.0 Å². The molecule has 0 bridgehead atoms. The number of aliphatic hydroxyl groups excluding tert-OH is 1. The van der Waals surface area contributed by atoms with Crippen LogP contribution in [-0.2, 0) is 13.2 Å². The molecular formula is C15H17N3O3. The lowest BCUT2D eigenvalue weighted by Gasteiger charge is -2.07. The number of imidazole rings is 1. The van der Waals surface area contributed by atoms with E-state index in [4.69, 9.17) is 9.26 Å². The Kier molecular flexibility index (Phi) is 3.39. The molecule has 0 radical (unpaired) electrons. The number of aryl methyl sites for hydroxylation is 2. The zero-order valence-electron chi connectivity index (χ0n) is 12.3. The molecule has 6 heteroatoms. The summed E-state index contributed by atoms with van der Waals surface area (Å²) in [7, 11) is 1.62. The van der Waals surface area contributed by atoms with Crippen LogP contribution >= 0.6 is 0 Å². The zero-order valence-corrected chi connectivity index (χ0v) is 12.3. The van der Waals surface area contributed by atoms with E-state index in [2.05, 4.69) is 10.1 Å². The molecule has 21 heavy (non-hydrogen) atoms. The number of benzene rings is 1. The van der Waals surface area contributed by atoms with Gasteiger partial charge < -0.3 is 18.9 Å². The Morgan fingerprint density at radius 2 is 2.14 bits per heavy atom. The van der Waals surface area contributed by atoms with Crippen LogP contribution < -0.4 is 4.74 Å². The second kappa shape index (κ2) is 5.21. The molecule has 0 unspecified atom stereocenters. The third-order valence-corrected chi connectivity index (χ3v) is 3.67. The molecule has 0 amide bonds. The van der Waals surface area contributed by atoms with Crippen molar-refractivity contribution in [1.82, 2.24) is 14.7 Å². The van der Waals surface area contributed by atoms with E-state index in [1.807, 2.05) is 36.6 Å². The quantitative estimate of drug-likeness (QED) is 0.796. The Hall–Kier alpha value is -2.34. The van der Waals surface area contributed by atoms with E-state index in [0.29, 0.717) is 12.4 Å². The summed E-state index contributed by atoms with van der Waals surface area (Å²) in [5, 5.41) is 13.5. The fourth-order valence-corrected chi connectivity index (χ4v) is 2.47. The van der Waals surface area contributed by atoms with Crippen molar-refractivity contribution in [3.8, 4) is 5.75 Å². The van der Waals surface area contributed by atoms with Crippen LogP contribution in [0.2, 0.25) is 0 Å². The number of ether oxygens (including phenoxy) is 1. The number of hydrogen-bond donors (Lipinski definition) is 1. The lowest BCUT2D eigenvalue weighted by atomic mass is 10.2. The normalized spacial score (nSPS) is 11.2. The van der Waals surface area contributed by atoms with E-state index in [9.17, 15) is 5.11 Å². The summed E-state index contributed by atoms with van der Waals surface area (Å²) in [5.74, 6) is 2.14. The average molecular weight is 287 g/mol. The Labute approximate surface area is 122 Å². The van der Waals surface area contributed by atoms with Crippen molar-refractivity contribution in [2.75, 3.05) is 7.11 Å². The van der Waals surface area contributed by atoms with Gasteiger partial charge in [0.2, 0.25) is 0 Å². The Morgan fingerprint density at radius 3 is 2.76 bits per heavy atom. The predicted octanol–water partition coefficient (Wildman–Crippen LogP) is 2.19. The lowest BCUT2D eigenvalue weighted by Crippen LogP contribution is -2.06. The highest BCUT2D eigenvalue weighted by Gasteiger charge is 2.15. The summed E-state index contributed by atoms with van der Waals surface area (Å²) < 4.78 is 12.4. The monoisotopic (exact) mass is 287 g/mol. The van der Waals surface area contributed by atoms with E-state index >= 15 is 0 Å². The minimum atomic E-state index is -0.125. The first-order valence-electron chi connectivity index (χ1n) is 6.69. The van der Waals surface area contributed by atoms with Gasteiger partial charge in [-0.25, -0.2) is 4.98 Å². The van der Waals surface area contributed by atoms with Gasteiger partial charge in [-0.1, -0.05) is 5.16 Å². The van der Waals surface area contributed by atoms with Crippen molar-refractivity contribution in [2.24, 2.45) is 0 Å². The highest BCUT2D eigenvalue weighted by atomic mass is 16.5. The third-order valence-electron chi connectivity index (χ3n) is 3.67. The number of nitrogens with zero attached hydrogens (tertiary/aromatic N) is 3. The molecule has 3 rings (SSSR count). The van der Waals surface area contributed by atoms with Crippen LogP contribution in [0, 0.1) is 13.8 Å². The molecule has 0 saturated heterocycles. The van der Waals surface area contributed by atoms with Gasteiger partial charge in [-0.15, -0.1) is 0 Å². The van der Waals surface area contributed by atoms with Gasteiger partial charge in [0, 0.05) is 11.6 Å². The van der Waals surface area contributed by atoms with Gasteiger partial charge >= 0.3 is 0 Å². The van der Waals surface area contributed by atoms with Crippen molar-refractivity contribution in [2.45, 2.75) is 27.0 Å². The number of methoxy groups -OCH3 is 1. The maximum Gasteiger partial charge on any atom is 0.138 e. The van der Waals surface area contributed by atoms with Crippen LogP contribution in [0.4, 0.5) is 0 Å². The van der Waals surface area contributed by atoms with Gasteiger partial charge in [0.1, 0.15) is 23.9 Å². The summed E-state index contributed by atoms with van der Waals surface area (Å²) >= 11 is 0. The van der Waals surface area contributed by atoms with Gasteiger partial charge in [-0.05, 0) is 26.0 Å². The van der Waals surface area contributed by atoms with Crippen molar-refractivity contribution in [3.05, 3.63) is 41.0 Å². The molecule has 1 N–H and O–H groups in total. The maximum absolute atomic E-state index is 9.56. The first-order valence-corrected chi connectivity index (χ1v) is 6.69. The molecule has 0 spiro atoms. The number of aromatic nitrogens is 3. The molecule has 0 aliphatic rings. The minimum absolute atomic E-state index is 0.125. The fourth-order valence-electron chi connectivity index (χ4n) is 2.47. The zero-order chi connectivity index (χ0) is 15.0. The highest BCUT2D eigenvalue weighted by molar-refractivity contribution is 5.78. The molecule has 0 saturated carbocycles. The first kappa shape index (κ1) is 13.6. The molecule has 6 nitrogen and oxygen atoms in total. The van der Waals surface area contributed by atoms with E-state index in [0.717, 1.165) is 33.8 Å². The Balaban J connectivity index is 2.12. The van der Waals surface area contributed by atoms with Crippen LogP contribution in [0.15, 0.2) is 22.7 Å². The summed E-state index contributed by atoms with van der Waals surface area (Å²) in [5.41, 5.74) is 3.61. The number of hydrogen-bond acceptors (Lipinski definition) is 5. The molecule has 0 atom stereocenters. The summed E-state index contributed by atoms with van der Waals surface area (Å²) in [6, 6.07) is 5.69. The molecule has 2 aromatic heterocycles. The molecule has 0 aliphatic heterocycles. The summed E-state index contributed by atoms with van der Waals surface area (Å²) in [6.45, 7) is 4.24. The van der Waals surface area contributed by atoms with Crippen molar-refractivity contribution < 1.29 is 14.4 Å². The van der Waals surface area contributed by atoms with Crippen LogP contribution in [0.25, 0.3) is 11.0 Å². The van der Waals surface area contributed by atoms with E-state index in [-0.39, 0.29) is 6.61 Å². The second-order valence-corrected chi connectivity index (χ2v) is 4.93. The largest absolute Gasteiger partial charge is 0.497 e. The smallest absolute Gasteiger partial charge is 0.138 e. The summed E-state index contributed by atoms with van der Waals surface area (Å²) in [4.78, 5) is 4.46.